The highest BCUT2D eigenvalue weighted by Crippen LogP contribution is 2.08. The topological polar surface area (TPSA) is 118 Å². The van der Waals surface area contributed by atoms with Crippen LogP contribution in [0.15, 0.2) is 53.4 Å². The van der Waals surface area contributed by atoms with Crippen LogP contribution in [0, 0.1) is 5.82 Å². The van der Waals surface area contributed by atoms with Crippen LogP contribution in [0.3, 0.4) is 0 Å². The third-order valence-electron chi connectivity index (χ3n) is 3.71. The molecule has 7 nitrogen and oxygen atoms in total. The van der Waals surface area contributed by atoms with E-state index in [-0.39, 0.29) is 35.5 Å². The van der Waals surface area contributed by atoms with Crippen LogP contribution in [-0.2, 0) is 32.5 Å². The highest BCUT2D eigenvalue weighted by Gasteiger charge is 2.08. The molecule has 27 heavy (non-hydrogen) atoms. The van der Waals surface area contributed by atoms with E-state index in [1.54, 1.807) is 12.1 Å². The summed E-state index contributed by atoms with van der Waals surface area (Å²) in [5.74, 6) is -1.06. The molecule has 0 atom stereocenters. The van der Waals surface area contributed by atoms with Gasteiger partial charge in [-0.15, -0.1) is 0 Å². The Kier molecular flexibility index (Phi) is 7.03. The van der Waals surface area contributed by atoms with Gasteiger partial charge in [0.1, 0.15) is 5.82 Å². The number of halogens is 1. The molecular weight excluding hydrogens is 373 g/mol. The lowest BCUT2D eigenvalue weighted by atomic mass is 10.1. The van der Waals surface area contributed by atoms with Crippen LogP contribution in [0.2, 0.25) is 0 Å². The number of sulfonamides is 1. The van der Waals surface area contributed by atoms with E-state index in [4.69, 9.17) is 5.14 Å². The average Bonchev–Trinajstić information content (AvgIpc) is 2.62. The van der Waals surface area contributed by atoms with E-state index in [2.05, 4.69) is 10.6 Å². The zero-order chi connectivity index (χ0) is 19.9. The van der Waals surface area contributed by atoms with Gasteiger partial charge in [-0.25, -0.2) is 17.9 Å². The van der Waals surface area contributed by atoms with Crippen LogP contribution in [0.25, 0.3) is 0 Å². The van der Waals surface area contributed by atoms with Gasteiger partial charge >= 0.3 is 0 Å². The van der Waals surface area contributed by atoms with Gasteiger partial charge in [0.05, 0.1) is 17.9 Å². The number of carbonyl (C=O) groups is 2. The third-order valence-corrected chi connectivity index (χ3v) is 4.64. The van der Waals surface area contributed by atoms with Gasteiger partial charge in [-0.1, -0.05) is 24.3 Å². The molecular formula is C18H20FN3O4S. The van der Waals surface area contributed by atoms with Crippen molar-refractivity contribution in [2.24, 2.45) is 5.14 Å². The number of rotatable bonds is 8. The van der Waals surface area contributed by atoms with Crippen molar-refractivity contribution < 1.29 is 22.4 Å². The molecule has 0 unspecified atom stereocenters. The minimum atomic E-state index is -3.72. The fourth-order valence-electron chi connectivity index (χ4n) is 2.28. The van der Waals surface area contributed by atoms with Crippen molar-refractivity contribution in [1.82, 2.24) is 10.6 Å². The van der Waals surface area contributed by atoms with Crippen LogP contribution >= 0.6 is 0 Å². The molecule has 0 saturated heterocycles. The molecule has 0 aromatic heterocycles. The Balaban J connectivity index is 1.68. The molecule has 0 radical (unpaired) electrons. The lowest BCUT2D eigenvalue weighted by Crippen LogP contribution is -2.38. The van der Waals surface area contributed by atoms with E-state index in [9.17, 15) is 22.4 Å². The maximum atomic E-state index is 12.8. The Bertz CT molecular complexity index is 897. The van der Waals surface area contributed by atoms with Gasteiger partial charge in [0.2, 0.25) is 21.8 Å². The standard InChI is InChI=1S/C18H20FN3O4S/c19-15-5-1-14(2-6-15)11-17(23)22-12-18(24)21-10-9-13-3-7-16(8-4-13)27(20,25)26/h1-8H,9-12H2,(H,21,24)(H,22,23)(H2,20,25,26). The quantitative estimate of drug-likeness (QED) is 0.605. The second-order valence-electron chi connectivity index (χ2n) is 5.87. The van der Waals surface area contributed by atoms with Gasteiger partial charge in [0.15, 0.2) is 0 Å². The molecule has 0 fully saturated rings. The number of carbonyl (C=O) groups excluding carboxylic acids is 2. The second kappa shape index (κ2) is 9.24. The van der Waals surface area contributed by atoms with Gasteiger partial charge < -0.3 is 10.6 Å². The molecule has 2 aromatic carbocycles. The van der Waals surface area contributed by atoms with Gasteiger partial charge in [0.25, 0.3) is 0 Å². The number of amides is 2. The molecule has 4 N–H and O–H groups in total. The summed E-state index contributed by atoms with van der Waals surface area (Å²) in [7, 11) is -3.72. The van der Waals surface area contributed by atoms with Crippen molar-refractivity contribution in [1.29, 1.82) is 0 Å². The molecule has 0 saturated carbocycles. The highest BCUT2D eigenvalue weighted by atomic mass is 32.2. The molecule has 0 spiro atoms. The third kappa shape index (κ3) is 7.16. The van der Waals surface area contributed by atoms with Crippen LogP contribution in [0.4, 0.5) is 4.39 Å². The fraction of sp³-hybridized carbons (Fsp3) is 0.222. The predicted molar refractivity (Wildman–Crippen MR) is 97.6 cm³/mol. The van der Waals surface area contributed by atoms with E-state index in [0.717, 1.165) is 5.56 Å². The number of hydrogen-bond acceptors (Lipinski definition) is 4. The lowest BCUT2D eigenvalue weighted by Gasteiger charge is -2.08. The van der Waals surface area contributed by atoms with Crippen LogP contribution in [-0.4, -0.2) is 33.3 Å². The smallest absolute Gasteiger partial charge is 0.239 e. The minimum absolute atomic E-state index is 0.0270. The van der Waals surface area contributed by atoms with Crippen LogP contribution in [0.1, 0.15) is 11.1 Å². The number of nitrogens with two attached hydrogens (primary N) is 1. The van der Waals surface area contributed by atoms with Crippen LogP contribution < -0.4 is 15.8 Å². The summed E-state index contributed by atoms with van der Waals surface area (Å²) in [6.07, 6.45) is 0.560. The van der Waals surface area contributed by atoms with Crippen molar-refractivity contribution in [3.05, 3.63) is 65.5 Å². The SMILES string of the molecule is NS(=O)(=O)c1ccc(CCNC(=O)CNC(=O)Cc2ccc(F)cc2)cc1. The van der Waals surface area contributed by atoms with Crippen molar-refractivity contribution in [2.75, 3.05) is 13.1 Å². The second-order valence-corrected chi connectivity index (χ2v) is 7.43. The summed E-state index contributed by atoms with van der Waals surface area (Å²) in [4.78, 5) is 23.5. The number of hydrogen-bond donors (Lipinski definition) is 3. The van der Waals surface area contributed by atoms with Gasteiger partial charge in [-0.05, 0) is 41.8 Å². The first-order valence-corrected chi connectivity index (χ1v) is 9.68. The molecule has 0 aliphatic carbocycles. The molecule has 2 amide bonds. The first-order chi connectivity index (χ1) is 12.7. The molecule has 2 aromatic rings. The molecule has 0 bridgehead atoms. The minimum Gasteiger partial charge on any atom is -0.354 e. The Labute approximate surface area is 156 Å². The first-order valence-electron chi connectivity index (χ1n) is 8.13. The Hall–Kier alpha value is -2.78. The fourth-order valence-corrected chi connectivity index (χ4v) is 2.80. The monoisotopic (exact) mass is 393 g/mol. The molecule has 9 heteroatoms. The van der Waals surface area contributed by atoms with Gasteiger partial charge in [-0.3, -0.25) is 9.59 Å². The molecule has 0 heterocycles. The summed E-state index contributed by atoms with van der Waals surface area (Å²) in [5, 5.41) is 10.2. The zero-order valence-corrected chi connectivity index (χ0v) is 15.3. The molecule has 2 rings (SSSR count). The van der Waals surface area contributed by atoms with Crippen molar-refractivity contribution in [3.63, 3.8) is 0 Å². The van der Waals surface area contributed by atoms with Crippen molar-refractivity contribution >= 4 is 21.8 Å². The van der Waals surface area contributed by atoms with Crippen molar-refractivity contribution in [3.8, 4) is 0 Å². The predicted octanol–water partition coefficient (Wildman–Crippen LogP) is 0.491. The number of benzene rings is 2. The van der Waals surface area contributed by atoms with Gasteiger partial charge in [-0.2, -0.15) is 0 Å². The first kappa shape index (κ1) is 20.5. The lowest BCUT2D eigenvalue weighted by molar-refractivity contribution is -0.125. The molecule has 144 valence electrons. The van der Waals surface area contributed by atoms with E-state index in [0.29, 0.717) is 18.5 Å². The largest absolute Gasteiger partial charge is 0.354 e. The van der Waals surface area contributed by atoms with Crippen molar-refractivity contribution in [2.45, 2.75) is 17.7 Å². The Morgan fingerprint density at radius 2 is 1.48 bits per heavy atom. The summed E-state index contributed by atoms with van der Waals surface area (Å²) in [6, 6.07) is 11.6. The highest BCUT2D eigenvalue weighted by molar-refractivity contribution is 7.89. The maximum Gasteiger partial charge on any atom is 0.239 e. The maximum absolute atomic E-state index is 12.8. The van der Waals surface area contributed by atoms with E-state index < -0.39 is 10.0 Å². The zero-order valence-electron chi connectivity index (χ0n) is 14.4. The number of primary sulfonamides is 1. The normalized spacial score (nSPS) is 11.0. The molecule has 0 aliphatic heterocycles. The van der Waals surface area contributed by atoms with E-state index in [1.165, 1.54) is 36.4 Å². The van der Waals surface area contributed by atoms with Crippen LogP contribution in [0.5, 0.6) is 0 Å². The van der Waals surface area contributed by atoms with Gasteiger partial charge in [0, 0.05) is 6.54 Å². The summed E-state index contributed by atoms with van der Waals surface area (Å²) >= 11 is 0. The number of nitrogens with one attached hydrogen (secondary N) is 2. The Morgan fingerprint density at radius 3 is 2.07 bits per heavy atom. The molecule has 0 aliphatic rings. The summed E-state index contributed by atoms with van der Waals surface area (Å²) < 4.78 is 35.2. The Morgan fingerprint density at radius 1 is 0.889 bits per heavy atom. The summed E-state index contributed by atoms with van der Waals surface area (Å²) in [5.41, 5.74) is 1.49. The van der Waals surface area contributed by atoms with E-state index in [1.807, 2.05) is 0 Å². The summed E-state index contributed by atoms with van der Waals surface area (Å²) in [6.45, 7) is 0.172. The average molecular weight is 393 g/mol. The van der Waals surface area contributed by atoms with E-state index >= 15 is 0 Å².